The molecular formula is C21H20ClN3O. The van der Waals surface area contributed by atoms with Gasteiger partial charge in [-0.3, -0.25) is 0 Å². The molecule has 0 spiro atoms. The third-order valence-electron chi connectivity index (χ3n) is 3.79. The fourth-order valence-corrected chi connectivity index (χ4v) is 2.80. The van der Waals surface area contributed by atoms with Crippen molar-refractivity contribution in [1.82, 2.24) is 14.5 Å². The molecule has 0 aliphatic rings. The van der Waals surface area contributed by atoms with Gasteiger partial charge in [0, 0.05) is 17.8 Å². The standard InChI is InChI=1S/C19H14ClN3O.C2H6/c20-19-21-11-9-18(22-19)23-12-10-15-16(23)7-4-8-17(15)24-13-14-5-2-1-3-6-14;1-2/h1-12H,13H2;1-2H3. The molecule has 26 heavy (non-hydrogen) atoms. The molecule has 0 saturated carbocycles. The molecule has 132 valence electrons. The molecule has 2 aromatic carbocycles. The molecular weight excluding hydrogens is 346 g/mol. The van der Waals surface area contributed by atoms with E-state index in [-0.39, 0.29) is 5.28 Å². The topological polar surface area (TPSA) is 39.9 Å². The Balaban J connectivity index is 0.000000948. The van der Waals surface area contributed by atoms with Gasteiger partial charge in [0.15, 0.2) is 0 Å². The zero-order valence-electron chi connectivity index (χ0n) is 14.8. The van der Waals surface area contributed by atoms with Crippen LogP contribution in [0.4, 0.5) is 0 Å². The summed E-state index contributed by atoms with van der Waals surface area (Å²) in [5.41, 5.74) is 2.15. The number of aromatic nitrogens is 3. The second-order valence-corrected chi connectivity index (χ2v) is 5.67. The molecule has 0 atom stereocenters. The van der Waals surface area contributed by atoms with Gasteiger partial charge in [0.1, 0.15) is 18.2 Å². The van der Waals surface area contributed by atoms with Crippen LogP contribution in [0.15, 0.2) is 73.1 Å². The molecule has 0 saturated heterocycles. The van der Waals surface area contributed by atoms with Gasteiger partial charge in [-0.25, -0.2) is 4.98 Å². The third-order valence-corrected chi connectivity index (χ3v) is 3.97. The minimum absolute atomic E-state index is 0.228. The maximum absolute atomic E-state index is 6.01. The van der Waals surface area contributed by atoms with E-state index in [0.717, 1.165) is 28.0 Å². The SMILES string of the molecule is CC.Clc1nccc(-n2ccc3c(OCc4ccccc4)cccc32)n1. The van der Waals surface area contributed by atoms with Gasteiger partial charge in [-0.05, 0) is 41.4 Å². The first kappa shape index (κ1) is 18.0. The van der Waals surface area contributed by atoms with E-state index in [2.05, 4.69) is 9.97 Å². The fourth-order valence-electron chi connectivity index (χ4n) is 2.66. The highest BCUT2D eigenvalue weighted by Gasteiger charge is 2.09. The van der Waals surface area contributed by atoms with Crippen LogP contribution in [-0.4, -0.2) is 14.5 Å². The van der Waals surface area contributed by atoms with Crippen LogP contribution in [0.3, 0.4) is 0 Å². The van der Waals surface area contributed by atoms with Gasteiger partial charge in [-0.15, -0.1) is 0 Å². The molecule has 0 aliphatic carbocycles. The molecule has 0 bridgehead atoms. The summed E-state index contributed by atoms with van der Waals surface area (Å²) in [6.45, 7) is 4.53. The molecule has 0 N–H and O–H groups in total. The first-order chi connectivity index (χ1) is 12.8. The Labute approximate surface area is 158 Å². The summed E-state index contributed by atoms with van der Waals surface area (Å²) in [4.78, 5) is 8.19. The van der Waals surface area contributed by atoms with Crippen LogP contribution in [-0.2, 0) is 6.61 Å². The van der Waals surface area contributed by atoms with Crippen molar-refractivity contribution < 1.29 is 4.74 Å². The summed E-state index contributed by atoms with van der Waals surface area (Å²) < 4.78 is 7.98. The van der Waals surface area contributed by atoms with Crippen molar-refractivity contribution in [1.29, 1.82) is 0 Å². The predicted octanol–water partition coefficient (Wildman–Crippen LogP) is 5.68. The van der Waals surface area contributed by atoms with Crippen molar-refractivity contribution in [2.24, 2.45) is 0 Å². The van der Waals surface area contributed by atoms with Crippen LogP contribution < -0.4 is 4.74 Å². The first-order valence-corrected chi connectivity index (χ1v) is 8.95. The van der Waals surface area contributed by atoms with Gasteiger partial charge in [-0.2, -0.15) is 4.98 Å². The number of ether oxygens (including phenoxy) is 1. The molecule has 0 aliphatic heterocycles. The van der Waals surface area contributed by atoms with E-state index in [0.29, 0.717) is 6.61 Å². The number of nitrogens with zero attached hydrogens (tertiary/aromatic N) is 3. The molecule has 0 radical (unpaired) electrons. The predicted molar refractivity (Wildman–Crippen MR) is 106 cm³/mol. The minimum atomic E-state index is 0.228. The highest BCUT2D eigenvalue weighted by Crippen LogP contribution is 2.29. The second kappa shape index (κ2) is 8.50. The Morgan fingerprint density at radius 1 is 0.962 bits per heavy atom. The van der Waals surface area contributed by atoms with Gasteiger partial charge in [0.25, 0.3) is 0 Å². The van der Waals surface area contributed by atoms with Crippen molar-refractivity contribution in [3.8, 4) is 11.6 Å². The molecule has 2 aromatic heterocycles. The van der Waals surface area contributed by atoms with E-state index >= 15 is 0 Å². The monoisotopic (exact) mass is 365 g/mol. The lowest BCUT2D eigenvalue weighted by Gasteiger charge is -2.09. The third kappa shape index (κ3) is 3.86. The fraction of sp³-hybridized carbons (Fsp3) is 0.143. The Kier molecular flexibility index (Phi) is 5.87. The quantitative estimate of drug-likeness (QED) is 0.437. The normalized spacial score (nSPS) is 10.3. The maximum Gasteiger partial charge on any atom is 0.224 e. The van der Waals surface area contributed by atoms with Crippen LogP contribution >= 0.6 is 11.6 Å². The number of rotatable bonds is 4. The van der Waals surface area contributed by atoms with Gasteiger partial charge in [-0.1, -0.05) is 50.2 Å². The summed E-state index contributed by atoms with van der Waals surface area (Å²) in [7, 11) is 0. The van der Waals surface area contributed by atoms with Crippen LogP contribution in [0.2, 0.25) is 5.28 Å². The Hall–Kier alpha value is -2.85. The van der Waals surface area contributed by atoms with E-state index in [4.69, 9.17) is 16.3 Å². The summed E-state index contributed by atoms with van der Waals surface area (Å²) in [6.07, 6.45) is 3.60. The van der Waals surface area contributed by atoms with E-state index in [1.165, 1.54) is 0 Å². The molecule has 0 fully saturated rings. The lowest BCUT2D eigenvalue weighted by molar-refractivity contribution is 0.310. The maximum atomic E-state index is 6.01. The molecule has 5 heteroatoms. The van der Waals surface area contributed by atoms with Crippen molar-refractivity contribution in [2.75, 3.05) is 0 Å². The zero-order chi connectivity index (χ0) is 18.4. The number of fused-ring (bicyclic) bond motifs is 1. The van der Waals surface area contributed by atoms with Crippen molar-refractivity contribution >= 4 is 22.5 Å². The lowest BCUT2D eigenvalue weighted by atomic mass is 10.2. The van der Waals surface area contributed by atoms with Crippen molar-refractivity contribution in [3.05, 3.63) is 83.9 Å². The number of halogens is 1. The first-order valence-electron chi connectivity index (χ1n) is 8.57. The van der Waals surface area contributed by atoms with Crippen LogP contribution in [0.1, 0.15) is 19.4 Å². The zero-order valence-corrected chi connectivity index (χ0v) is 15.5. The van der Waals surface area contributed by atoms with Crippen molar-refractivity contribution in [3.63, 3.8) is 0 Å². The average Bonchev–Trinajstić information content (AvgIpc) is 3.13. The molecule has 0 unspecified atom stereocenters. The summed E-state index contributed by atoms with van der Waals surface area (Å²) in [6, 6.07) is 19.9. The highest BCUT2D eigenvalue weighted by atomic mass is 35.5. The summed E-state index contributed by atoms with van der Waals surface area (Å²) in [5.74, 6) is 1.57. The number of hydrogen-bond acceptors (Lipinski definition) is 3. The van der Waals surface area contributed by atoms with Gasteiger partial charge in [0.05, 0.1) is 5.52 Å². The average molecular weight is 366 g/mol. The number of hydrogen-bond donors (Lipinski definition) is 0. The lowest BCUT2D eigenvalue weighted by Crippen LogP contribution is -1.98. The Bertz CT molecular complexity index is 983. The molecule has 4 rings (SSSR count). The molecule has 4 nitrogen and oxygen atoms in total. The van der Waals surface area contributed by atoms with E-state index < -0.39 is 0 Å². The van der Waals surface area contributed by atoms with Crippen LogP contribution in [0.5, 0.6) is 5.75 Å². The van der Waals surface area contributed by atoms with Crippen LogP contribution in [0, 0.1) is 0 Å². The Morgan fingerprint density at radius 2 is 1.77 bits per heavy atom. The van der Waals surface area contributed by atoms with Crippen molar-refractivity contribution in [2.45, 2.75) is 20.5 Å². The second-order valence-electron chi connectivity index (χ2n) is 5.33. The van der Waals surface area contributed by atoms with E-state index in [9.17, 15) is 0 Å². The summed E-state index contributed by atoms with van der Waals surface area (Å²) >= 11 is 5.90. The van der Waals surface area contributed by atoms with Gasteiger partial charge >= 0.3 is 0 Å². The van der Waals surface area contributed by atoms with Gasteiger partial charge < -0.3 is 9.30 Å². The Morgan fingerprint density at radius 3 is 2.54 bits per heavy atom. The van der Waals surface area contributed by atoms with Gasteiger partial charge in [0.2, 0.25) is 5.28 Å². The largest absolute Gasteiger partial charge is 0.488 e. The molecule has 4 aromatic rings. The molecule has 2 heterocycles. The van der Waals surface area contributed by atoms with E-state index in [1.54, 1.807) is 6.20 Å². The van der Waals surface area contributed by atoms with Crippen LogP contribution in [0.25, 0.3) is 16.7 Å². The van der Waals surface area contributed by atoms with E-state index in [1.807, 2.05) is 85.3 Å². The molecule has 0 amide bonds. The smallest absolute Gasteiger partial charge is 0.224 e. The highest BCUT2D eigenvalue weighted by molar-refractivity contribution is 6.28. The summed E-state index contributed by atoms with van der Waals surface area (Å²) in [5, 5.41) is 1.26. The minimum Gasteiger partial charge on any atom is -0.488 e. The number of benzene rings is 2.